The van der Waals surface area contributed by atoms with Crippen molar-refractivity contribution >= 4 is 27.0 Å². The molecule has 1 atom stereocenters. The average molecular weight is 557 g/mol. The van der Waals surface area contributed by atoms with Crippen molar-refractivity contribution in [1.29, 1.82) is 0 Å². The van der Waals surface area contributed by atoms with Crippen LogP contribution in [0.2, 0.25) is 0 Å². The summed E-state index contributed by atoms with van der Waals surface area (Å²) in [5, 5.41) is 21.2. The van der Waals surface area contributed by atoms with Gasteiger partial charge in [0.05, 0.1) is 5.69 Å². The minimum atomic E-state index is -6.07. The van der Waals surface area contributed by atoms with Gasteiger partial charge in [0.1, 0.15) is 10.3 Å². The van der Waals surface area contributed by atoms with Gasteiger partial charge in [-0.05, 0) is 30.0 Å². The Kier molecular flexibility index (Phi) is 8.02. The first kappa shape index (κ1) is 28.3. The van der Waals surface area contributed by atoms with E-state index in [0.29, 0.717) is 12.1 Å². The highest BCUT2D eigenvalue weighted by Gasteiger charge is 2.71. The fourth-order valence-corrected chi connectivity index (χ4v) is 6.16. The van der Waals surface area contributed by atoms with E-state index in [0.717, 1.165) is 17.4 Å². The van der Waals surface area contributed by atoms with E-state index in [1.165, 1.54) is 10.4 Å². The number of nitrogens with zero attached hydrogens (tertiary/aromatic N) is 2. The summed E-state index contributed by atoms with van der Waals surface area (Å²) in [5.41, 5.74) is -6.73. The van der Waals surface area contributed by atoms with E-state index in [2.05, 4.69) is 11.8 Å². The third-order valence-corrected chi connectivity index (χ3v) is 8.94. The molecule has 0 saturated carbocycles. The Hall–Kier alpha value is -2.31. The predicted octanol–water partition coefficient (Wildman–Crippen LogP) is 3.69. The minimum absolute atomic E-state index is 0.0154. The second kappa shape index (κ2) is 10.2. The van der Waals surface area contributed by atoms with E-state index in [4.69, 9.17) is 0 Å². The first-order valence-corrected chi connectivity index (χ1v) is 12.9. The number of hydrogen-bond acceptors (Lipinski definition) is 6. The third-order valence-electron chi connectivity index (χ3n) is 5.66. The van der Waals surface area contributed by atoms with Crippen molar-refractivity contribution < 1.29 is 45.0 Å². The maximum atomic E-state index is 13.4. The van der Waals surface area contributed by atoms with Gasteiger partial charge < -0.3 is 15.1 Å². The quantitative estimate of drug-likeness (QED) is 0.434. The van der Waals surface area contributed by atoms with Gasteiger partial charge >= 0.3 is 12.4 Å². The zero-order chi connectivity index (χ0) is 26.9. The fourth-order valence-electron chi connectivity index (χ4n) is 3.59. The standard InChI is InChI=1S/C22H22F6N2O4S2/c1-2-17(31)7-5-15-14-16(20(32,21(23,24)25)22(26,27)28)6-8-18(15)29-9-11-30(12-10-29)36(33,34)19-4-3-13-35-19/h3-4,6,8,13-14,17,31-32H,2,9-12H2,1H3. The Morgan fingerprint density at radius 3 is 2.17 bits per heavy atom. The van der Waals surface area contributed by atoms with Crippen LogP contribution in [0.1, 0.15) is 24.5 Å². The van der Waals surface area contributed by atoms with Crippen LogP contribution in [0, 0.1) is 11.8 Å². The Labute approximate surface area is 207 Å². The number of thiophene rings is 1. The number of anilines is 1. The van der Waals surface area contributed by atoms with Crippen LogP contribution in [0.4, 0.5) is 32.0 Å². The lowest BCUT2D eigenvalue weighted by atomic mass is 9.90. The molecule has 14 heteroatoms. The summed E-state index contributed by atoms with van der Waals surface area (Å²) in [6.07, 6.45) is -13.2. The Morgan fingerprint density at radius 1 is 1.06 bits per heavy atom. The van der Waals surface area contributed by atoms with Gasteiger partial charge in [0.2, 0.25) is 0 Å². The van der Waals surface area contributed by atoms with Crippen LogP contribution in [0.5, 0.6) is 0 Å². The molecule has 1 aliphatic rings. The van der Waals surface area contributed by atoms with Crippen molar-refractivity contribution in [3.8, 4) is 11.8 Å². The lowest BCUT2D eigenvalue weighted by Gasteiger charge is -2.36. The molecular weight excluding hydrogens is 534 g/mol. The maximum Gasteiger partial charge on any atom is 0.430 e. The van der Waals surface area contributed by atoms with Gasteiger partial charge in [-0.3, -0.25) is 0 Å². The molecular formula is C22H22F6N2O4S2. The molecule has 1 aromatic heterocycles. The zero-order valence-corrected chi connectivity index (χ0v) is 20.4. The first-order valence-electron chi connectivity index (χ1n) is 10.6. The Morgan fingerprint density at radius 2 is 1.67 bits per heavy atom. The molecule has 6 nitrogen and oxygen atoms in total. The Balaban J connectivity index is 1.99. The molecule has 1 aromatic carbocycles. The summed E-state index contributed by atoms with van der Waals surface area (Å²) in [4.78, 5) is 1.58. The molecule has 1 saturated heterocycles. The largest absolute Gasteiger partial charge is 0.430 e. The fraction of sp³-hybridized carbons (Fsp3) is 0.455. The number of rotatable bonds is 5. The van der Waals surface area contributed by atoms with Gasteiger partial charge in [-0.1, -0.05) is 30.9 Å². The number of aliphatic hydroxyl groups is 2. The van der Waals surface area contributed by atoms with Crippen LogP contribution in [0.25, 0.3) is 0 Å². The van der Waals surface area contributed by atoms with E-state index >= 15 is 0 Å². The highest BCUT2D eigenvalue weighted by molar-refractivity contribution is 7.91. The van der Waals surface area contributed by atoms with Gasteiger partial charge in [0.25, 0.3) is 15.6 Å². The van der Waals surface area contributed by atoms with Crippen molar-refractivity contribution in [1.82, 2.24) is 4.31 Å². The SMILES string of the molecule is CCC(O)C#Cc1cc(C(O)(C(F)(F)F)C(F)(F)F)ccc1N1CCN(S(=O)(=O)c2cccs2)CC1. The summed E-state index contributed by atoms with van der Waals surface area (Å²) in [6.45, 7) is 1.77. The number of piperazine rings is 1. The smallest absolute Gasteiger partial charge is 0.380 e. The third kappa shape index (κ3) is 5.35. The van der Waals surface area contributed by atoms with Gasteiger partial charge in [-0.25, -0.2) is 8.42 Å². The molecule has 3 rings (SSSR count). The number of sulfonamides is 1. The molecule has 1 fully saturated rings. The van der Waals surface area contributed by atoms with Crippen molar-refractivity contribution in [2.24, 2.45) is 0 Å². The number of alkyl halides is 6. The van der Waals surface area contributed by atoms with E-state index in [1.807, 2.05) is 0 Å². The average Bonchev–Trinajstić information content (AvgIpc) is 3.36. The van der Waals surface area contributed by atoms with Gasteiger partial charge in [0, 0.05) is 37.3 Å². The van der Waals surface area contributed by atoms with Crippen molar-refractivity contribution in [3.63, 3.8) is 0 Å². The van der Waals surface area contributed by atoms with E-state index < -0.39 is 39.6 Å². The minimum Gasteiger partial charge on any atom is -0.380 e. The summed E-state index contributed by atoms with van der Waals surface area (Å²) < 4.78 is 107. The summed E-state index contributed by atoms with van der Waals surface area (Å²) in [7, 11) is -3.74. The number of benzene rings is 1. The maximum absolute atomic E-state index is 13.4. The van der Waals surface area contributed by atoms with Gasteiger partial charge in [0.15, 0.2) is 0 Å². The number of hydrogen-bond donors (Lipinski definition) is 2. The normalized spacial score (nSPS) is 17.0. The number of halogens is 6. The van der Waals surface area contributed by atoms with Gasteiger partial charge in [-0.2, -0.15) is 30.6 Å². The molecule has 2 heterocycles. The molecule has 36 heavy (non-hydrogen) atoms. The lowest BCUT2D eigenvalue weighted by Crippen LogP contribution is -2.54. The summed E-state index contributed by atoms with van der Waals surface area (Å²) in [6, 6.07) is 5.05. The van der Waals surface area contributed by atoms with Crippen LogP contribution in [0.15, 0.2) is 39.9 Å². The topological polar surface area (TPSA) is 81.1 Å². The highest BCUT2D eigenvalue weighted by atomic mass is 32.2. The van der Waals surface area contributed by atoms with Crippen LogP contribution in [-0.2, 0) is 15.6 Å². The molecule has 0 aliphatic carbocycles. The van der Waals surface area contributed by atoms with E-state index in [-0.39, 0.29) is 48.1 Å². The zero-order valence-electron chi connectivity index (χ0n) is 18.8. The van der Waals surface area contributed by atoms with Crippen LogP contribution in [0.3, 0.4) is 0 Å². The molecule has 0 radical (unpaired) electrons. The molecule has 0 spiro atoms. The molecule has 2 N–H and O–H groups in total. The first-order chi connectivity index (χ1) is 16.6. The van der Waals surface area contributed by atoms with E-state index in [9.17, 15) is 45.0 Å². The van der Waals surface area contributed by atoms with Crippen LogP contribution >= 0.6 is 11.3 Å². The lowest BCUT2D eigenvalue weighted by molar-refractivity contribution is -0.376. The molecule has 0 amide bonds. The van der Waals surface area contributed by atoms with Crippen LogP contribution < -0.4 is 4.90 Å². The predicted molar refractivity (Wildman–Crippen MR) is 121 cm³/mol. The van der Waals surface area contributed by atoms with Crippen LogP contribution in [-0.4, -0.2) is 67.6 Å². The van der Waals surface area contributed by atoms with E-state index in [1.54, 1.807) is 23.3 Å². The van der Waals surface area contributed by atoms with Gasteiger partial charge in [-0.15, -0.1) is 11.3 Å². The molecule has 2 aromatic rings. The molecule has 198 valence electrons. The Bertz CT molecular complexity index is 1210. The molecule has 1 aliphatic heterocycles. The van der Waals surface area contributed by atoms with Crippen molar-refractivity contribution in [3.05, 3.63) is 46.8 Å². The summed E-state index contributed by atoms with van der Waals surface area (Å²) >= 11 is 1.05. The second-order valence-corrected chi connectivity index (χ2v) is 11.1. The molecule has 1 unspecified atom stereocenters. The second-order valence-electron chi connectivity index (χ2n) is 7.95. The summed E-state index contributed by atoms with van der Waals surface area (Å²) in [5.74, 6) is 4.79. The van der Waals surface area contributed by atoms with Crippen molar-refractivity contribution in [2.75, 3.05) is 31.1 Å². The number of aliphatic hydroxyl groups excluding tert-OH is 1. The monoisotopic (exact) mass is 556 g/mol. The highest BCUT2D eigenvalue weighted by Crippen LogP contribution is 2.50. The van der Waals surface area contributed by atoms with Crippen molar-refractivity contribution in [2.45, 2.75) is 41.6 Å². The molecule has 0 bridgehead atoms.